The molecule has 22 heavy (non-hydrogen) atoms. The molecule has 0 bridgehead atoms. The standard InChI is InChI=1S/C16H22N4O2/c1-11(2)22-14-7-5-13(6-8-14)19-16(21)15(17-3)12-9-18-20(4)10-12/h5-11,15,17H,1-4H3,(H,19,21). The SMILES string of the molecule is CNC(C(=O)Nc1ccc(OC(C)C)cc1)c1cnn(C)c1. The van der Waals surface area contributed by atoms with Crippen molar-refractivity contribution in [2.75, 3.05) is 12.4 Å². The molecule has 0 saturated carbocycles. The van der Waals surface area contributed by atoms with Gasteiger partial charge in [0.05, 0.1) is 12.3 Å². The van der Waals surface area contributed by atoms with Crippen LogP contribution in [0.15, 0.2) is 36.7 Å². The van der Waals surface area contributed by atoms with Crippen LogP contribution in [-0.2, 0) is 11.8 Å². The van der Waals surface area contributed by atoms with Gasteiger partial charge >= 0.3 is 0 Å². The van der Waals surface area contributed by atoms with Crippen LogP contribution in [-0.4, -0.2) is 28.8 Å². The molecule has 0 aliphatic rings. The van der Waals surface area contributed by atoms with Crippen molar-refractivity contribution in [2.24, 2.45) is 7.05 Å². The number of aryl methyl sites for hydroxylation is 1. The van der Waals surface area contributed by atoms with E-state index in [1.165, 1.54) is 0 Å². The van der Waals surface area contributed by atoms with Gasteiger partial charge in [-0.05, 0) is 45.2 Å². The van der Waals surface area contributed by atoms with Gasteiger partial charge < -0.3 is 15.4 Å². The maximum Gasteiger partial charge on any atom is 0.246 e. The van der Waals surface area contributed by atoms with Gasteiger partial charge in [-0.3, -0.25) is 9.48 Å². The molecule has 1 aromatic carbocycles. The molecule has 6 nitrogen and oxygen atoms in total. The molecule has 118 valence electrons. The molecule has 0 aliphatic carbocycles. The number of aromatic nitrogens is 2. The maximum atomic E-state index is 12.4. The maximum absolute atomic E-state index is 12.4. The Bertz CT molecular complexity index is 619. The third kappa shape index (κ3) is 4.08. The first-order valence-electron chi connectivity index (χ1n) is 7.23. The van der Waals surface area contributed by atoms with Gasteiger partial charge in [0.25, 0.3) is 0 Å². The van der Waals surface area contributed by atoms with Crippen LogP contribution in [0.1, 0.15) is 25.5 Å². The van der Waals surface area contributed by atoms with Gasteiger partial charge in [-0.15, -0.1) is 0 Å². The van der Waals surface area contributed by atoms with E-state index >= 15 is 0 Å². The van der Waals surface area contributed by atoms with Crippen molar-refractivity contribution in [1.82, 2.24) is 15.1 Å². The Labute approximate surface area is 130 Å². The molecule has 1 atom stereocenters. The zero-order chi connectivity index (χ0) is 16.1. The molecule has 2 rings (SSSR count). The average molecular weight is 302 g/mol. The van der Waals surface area contributed by atoms with Crippen LogP contribution < -0.4 is 15.4 Å². The van der Waals surface area contributed by atoms with Crippen LogP contribution >= 0.6 is 0 Å². The summed E-state index contributed by atoms with van der Waals surface area (Å²) >= 11 is 0. The third-order valence-corrected chi connectivity index (χ3v) is 3.10. The van der Waals surface area contributed by atoms with Crippen molar-refractivity contribution >= 4 is 11.6 Å². The van der Waals surface area contributed by atoms with Gasteiger partial charge in [-0.25, -0.2) is 0 Å². The van der Waals surface area contributed by atoms with Crippen molar-refractivity contribution < 1.29 is 9.53 Å². The van der Waals surface area contributed by atoms with Crippen LogP contribution in [0.3, 0.4) is 0 Å². The number of rotatable bonds is 6. The molecule has 1 aromatic heterocycles. The monoisotopic (exact) mass is 302 g/mol. The fraction of sp³-hybridized carbons (Fsp3) is 0.375. The number of benzene rings is 1. The number of nitrogens with zero attached hydrogens (tertiary/aromatic N) is 2. The molecule has 0 spiro atoms. The first kappa shape index (κ1) is 16.0. The number of likely N-dealkylation sites (N-methyl/N-ethyl adjacent to an activating group) is 1. The molecule has 0 radical (unpaired) electrons. The molecule has 0 saturated heterocycles. The number of carbonyl (C=O) groups excluding carboxylic acids is 1. The fourth-order valence-electron chi connectivity index (χ4n) is 2.14. The second-order valence-corrected chi connectivity index (χ2v) is 5.35. The summed E-state index contributed by atoms with van der Waals surface area (Å²) < 4.78 is 7.25. The number of amides is 1. The Morgan fingerprint density at radius 3 is 2.45 bits per heavy atom. The van der Waals surface area contributed by atoms with Crippen molar-refractivity contribution in [3.05, 3.63) is 42.2 Å². The molecule has 1 amide bonds. The highest BCUT2D eigenvalue weighted by Crippen LogP contribution is 2.19. The summed E-state index contributed by atoms with van der Waals surface area (Å²) in [5, 5.41) is 9.98. The van der Waals surface area contributed by atoms with E-state index in [0.29, 0.717) is 0 Å². The number of nitrogens with one attached hydrogen (secondary N) is 2. The van der Waals surface area contributed by atoms with Gasteiger partial charge in [0, 0.05) is 24.5 Å². The molecule has 0 aliphatic heterocycles. The van der Waals surface area contributed by atoms with Crippen molar-refractivity contribution in [3.8, 4) is 5.75 Å². The molecule has 2 aromatic rings. The van der Waals surface area contributed by atoms with E-state index in [1.54, 1.807) is 17.9 Å². The predicted molar refractivity (Wildman–Crippen MR) is 85.8 cm³/mol. The summed E-state index contributed by atoms with van der Waals surface area (Å²) in [6.45, 7) is 3.95. The number of hydrogen-bond donors (Lipinski definition) is 2. The summed E-state index contributed by atoms with van der Waals surface area (Å²) in [6, 6.07) is 6.89. The molecule has 2 N–H and O–H groups in total. The van der Waals surface area contributed by atoms with Gasteiger partial charge in [0.1, 0.15) is 11.8 Å². The minimum Gasteiger partial charge on any atom is -0.491 e. The summed E-state index contributed by atoms with van der Waals surface area (Å²) in [6.07, 6.45) is 3.63. The molecule has 6 heteroatoms. The fourth-order valence-corrected chi connectivity index (χ4v) is 2.14. The number of hydrogen-bond acceptors (Lipinski definition) is 4. The zero-order valence-corrected chi connectivity index (χ0v) is 13.3. The van der Waals surface area contributed by atoms with Gasteiger partial charge in [-0.2, -0.15) is 5.10 Å². The summed E-state index contributed by atoms with van der Waals surface area (Å²) in [5.41, 5.74) is 1.55. The molecule has 1 heterocycles. The van der Waals surface area contributed by atoms with E-state index in [0.717, 1.165) is 17.0 Å². The molecule has 1 unspecified atom stereocenters. The van der Waals surface area contributed by atoms with Crippen LogP contribution in [0.2, 0.25) is 0 Å². The minimum atomic E-state index is -0.444. The largest absolute Gasteiger partial charge is 0.491 e. The van der Waals surface area contributed by atoms with Crippen LogP contribution in [0.4, 0.5) is 5.69 Å². The summed E-state index contributed by atoms with van der Waals surface area (Å²) in [4.78, 5) is 12.4. The molecular weight excluding hydrogens is 280 g/mol. The Morgan fingerprint density at radius 1 is 1.27 bits per heavy atom. The number of anilines is 1. The second-order valence-electron chi connectivity index (χ2n) is 5.35. The van der Waals surface area contributed by atoms with E-state index in [4.69, 9.17) is 4.74 Å². The first-order chi connectivity index (χ1) is 10.5. The van der Waals surface area contributed by atoms with Crippen molar-refractivity contribution in [3.63, 3.8) is 0 Å². The first-order valence-corrected chi connectivity index (χ1v) is 7.23. The average Bonchev–Trinajstić information content (AvgIpc) is 2.87. The Kier molecular flexibility index (Phi) is 5.16. The van der Waals surface area contributed by atoms with E-state index in [-0.39, 0.29) is 12.0 Å². The third-order valence-electron chi connectivity index (χ3n) is 3.10. The van der Waals surface area contributed by atoms with E-state index in [9.17, 15) is 4.79 Å². The lowest BCUT2D eigenvalue weighted by Gasteiger charge is -2.15. The van der Waals surface area contributed by atoms with Gasteiger partial charge in [0.2, 0.25) is 5.91 Å². The topological polar surface area (TPSA) is 68.2 Å². The lowest BCUT2D eigenvalue weighted by molar-refractivity contribution is -0.118. The number of carbonyl (C=O) groups is 1. The lowest BCUT2D eigenvalue weighted by atomic mass is 10.1. The lowest BCUT2D eigenvalue weighted by Crippen LogP contribution is -2.30. The zero-order valence-electron chi connectivity index (χ0n) is 13.3. The minimum absolute atomic E-state index is 0.125. The number of ether oxygens (including phenoxy) is 1. The highest BCUT2D eigenvalue weighted by atomic mass is 16.5. The highest BCUT2D eigenvalue weighted by Gasteiger charge is 2.20. The van der Waals surface area contributed by atoms with Crippen LogP contribution in [0.25, 0.3) is 0 Å². The van der Waals surface area contributed by atoms with Crippen molar-refractivity contribution in [1.29, 1.82) is 0 Å². The van der Waals surface area contributed by atoms with Crippen LogP contribution in [0, 0.1) is 0 Å². The molecule has 0 fully saturated rings. The Morgan fingerprint density at radius 2 is 1.95 bits per heavy atom. The smallest absolute Gasteiger partial charge is 0.246 e. The normalized spacial score (nSPS) is 12.2. The van der Waals surface area contributed by atoms with E-state index < -0.39 is 6.04 Å². The van der Waals surface area contributed by atoms with E-state index in [1.807, 2.05) is 51.4 Å². The summed E-state index contributed by atoms with van der Waals surface area (Å²) in [5.74, 6) is 0.651. The van der Waals surface area contributed by atoms with Crippen LogP contribution in [0.5, 0.6) is 5.75 Å². The Hall–Kier alpha value is -2.34. The van der Waals surface area contributed by atoms with E-state index in [2.05, 4.69) is 15.7 Å². The molecular formula is C16H22N4O2. The quantitative estimate of drug-likeness (QED) is 0.857. The second kappa shape index (κ2) is 7.09. The summed E-state index contributed by atoms with van der Waals surface area (Å²) in [7, 11) is 3.57. The van der Waals surface area contributed by atoms with Gasteiger partial charge in [-0.1, -0.05) is 0 Å². The van der Waals surface area contributed by atoms with Gasteiger partial charge in [0.15, 0.2) is 0 Å². The van der Waals surface area contributed by atoms with Crippen molar-refractivity contribution in [2.45, 2.75) is 26.0 Å². The Balaban J connectivity index is 2.04. The highest BCUT2D eigenvalue weighted by molar-refractivity contribution is 5.95. The predicted octanol–water partition coefficient (Wildman–Crippen LogP) is 2.11.